The van der Waals surface area contributed by atoms with Crippen molar-refractivity contribution in [2.45, 2.75) is 12.5 Å². The zero-order valence-corrected chi connectivity index (χ0v) is 13.7. The minimum Gasteiger partial charge on any atom is -0.396 e. The van der Waals surface area contributed by atoms with E-state index in [1.165, 1.54) is 16.2 Å². The molecule has 7 heteroatoms. The van der Waals surface area contributed by atoms with Crippen LogP contribution < -0.4 is 10.6 Å². The Kier molecular flexibility index (Phi) is 4.40. The van der Waals surface area contributed by atoms with Crippen molar-refractivity contribution in [1.82, 2.24) is 9.80 Å². The Morgan fingerprint density at radius 1 is 1.43 bits per heavy atom. The number of amides is 1. The van der Waals surface area contributed by atoms with E-state index in [0.29, 0.717) is 22.2 Å². The molecule has 1 aromatic rings. The van der Waals surface area contributed by atoms with Gasteiger partial charge in [0.2, 0.25) is 0 Å². The van der Waals surface area contributed by atoms with E-state index in [0.717, 1.165) is 24.5 Å². The maximum absolute atomic E-state index is 12.2. The highest BCUT2D eigenvalue weighted by atomic mass is 32.1. The number of nitriles is 1. The van der Waals surface area contributed by atoms with Crippen molar-refractivity contribution in [3.05, 3.63) is 10.4 Å². The highest BCUT2D eigenvalue weighted by Crippen LogP contribution is 2.39. The summed E-state index contributed by atoms with van der Waals surface area (Å²) in [5.41, 5.74) is 6.76. The highest BCUT2D eigenvalue weighted by molar-refractivity contribution is 7.19. The summed E-state index contributed by atoms with van der Waals surface area (Å²) >= 11 is 1.33. The summed E-state index contributed by atoms with van der Waals surface area (Å²) in [6, 6.07) is 2.62. The van der Waals surface area contributed by atoms with Gasteiger partial charge in [0, 0.05) is 33.2 Å². The van der Waals surface area contributed by atoms with Crippen molar-refractivity contribution in [3.8, 4) is 6.07 Å². The molecule has 114 valence electrons. The predicted molar refractivity (Wildman–Crippen MR) is 85.8 cm³/mol. The van der Waals surface area contributed by atoms with E-state index in [9.17, 15) is 10.1 Å². The summed E-state index contributed by atoms with van der Waals surface area (Å²) in [6.45, 7) is 1.74. The number of thiophene rings is 1. The van der Waals surface area contributed by atoms with Gasteiger partial charge in [0.15, 0.2) is 0 Å². The largest absolute Gasteiger partial charge is 0.396 e. The number of hydrogen-bond acceptors (Lipinski definition) is 6. The van der Waals surface area contributed by atoms with Crippen LogP contribution in [0.4, 0.5) is 10.7 Å². The summed E-state index contributed by atoms with van der Waals surface area (Å²) in [6.07, 6.45) is 1.05. The molecule has 1 saturated heterocycles. The van der Waals surface area contributed by atoms with Gasteiger partial charge in [-0.3, -0.25) is 4.79 Å². The van der Waals surface area contributed by atoms with E-state index in [2.05, 4.69) is 30.0 Å². The Hall–Kier alpha value is -1.78. The number of rotatable bonds is 3. The van der Waals surface area contributed by atoms with Gasteiger partial charge < -0.3 is 20.4 Å². The third-order valence-electron chi connectivity index (χ3n) is 3.82. The van der Waals surface area contributed by atoms with Crippen LogP contribution in [0.2, 0.25) is 0 Å². The summed E-state index contributed by atoms with van der Waals surface area (Å²) in [7, 11) is 7.49. The smallest absolute Gasteiger partial charge is 0.265 e. The number of anilines is 2. The van der Waals surface area contributed by atoms with Gasteiger partial charge in [0.25, 0.3) is 5.91 Å². The maximum atomic E-state index is 12.2. The number of carbonyl (C=O) groups is 1. The van der Waals surface area contributed by atoms with Crippen LogP contribution in [0.25, 0.3) is 0 Å². The zero-order valence-electron chi connectivity index (χ0n) is 12.9. The Morgan fingerprint density at radius 3 is 2.57 bits per heavy atom. The fourth-order valence-electron chi connectivity index (χ4n) is 2.47. The molecule has 1 aromatic heterocycles. The van der Waals surface area contributed by atoms with Crippen LogP contribution in [0, 0.1) is 11.3 Å². The van der Waals surface area contributed by atoms with Gasteiger partial charge in [0.05, 0.1) is 5.69 Å². The van der Waals surface area contributed by atoms with Gasteiger partial charge in [-0.25, -0.2) is 0 Å². The van der Waals surface area contributed by atoms with Crippen molar-refractivity contribution < 1.29 is 4.79 Å². The molecule has 0 aliphatic carbocycles. The Balaban J connectivity index is 2.35. The minimum atomic E-state index is -0.149. The van der Waals surface area contributed by atoms with Crippen LogP contribution in [0.15, 0.2) is 0 Å². The Labute approximate surface area is 129 Å². The quantitative estimate of drug-likeness (QED) is 0.903. The second-order valence-corrected chi connectivity index (χ2v) is 6.69. The minimum absolute atomic E-state index is 0.149. The molecule has 2 heterocycles. The second-order valence-electron chi connectivity index (χ2n) is 5.69. The van der Waals surface area contributed by atoms with E-state index >= 15 is 0 Å². The lowest BCUT2D eigenvalue weighted by Crippen LogP contribution is -2.31. The molecule has 0 saturated carbocycles. The molecule has 1 fully saturated rings. The normalized spacial score (nSPS) is 18.1. The van der Waals surface area contributed by atoms with E-state index in [-0.39, 0.29) is 5.91 Å². The van der Waals surface area contributed by atoms with Crippen LogP contribution in [0.1, 0.15) is 21.7 Å². The molecular formula is C14H21N5OS. The predicted octanol–water partition coefficient (Wildman–Crippen LogP) is 1.04. The molecule has 0 bridgehead atoms. The summed E-state index contributed by atoms with van der Waals surface area (Å²) in [5.74, 6) is -0.149. The second kappa shape index (κ2) is 5.92. The standard InChI is InChI=1S/C14H21N5OS/c1-17(2)9-5-6-19(8-9)14-10(7-15)11(16)12(21-14)13(20)18(3)4/h9H,5-6,8,16H2,1-4H3. The van der Waals surface area contributed by atoms with Gasteiger partial charge in [-0.05, 0) is 20.5 Å². The molecule has 21 heavy (non-hydrogen) atoms. The van der Waals surface area contributed by atoms with Crippen molar-refractivity contribution in [2.75, 3.05) is 51.9 Å². The van der Waals surface area contributed by atoms with E-state index < -0.39 is 0 Å². The zero-order chi connectivity index (χ0) is 15.7. The van der Waals surface area contributed by atoms with Crippen LogP contribution in [0.5, 0.6) is 0 Å². The van der Waals surface area contributed by atoms with E-state index in [4.69, 9.17) is 5.73 Å². The topological polar surface area (TPSA) is 76.6 Å². The van der Waals surface area contributed by atoms with Crippen LogP contribution >= 0.6 is 11.3 Å². The third-order valence-corrected chi connectivity index (χ3v) is 5.07. The number of nitrogen functional groups attached to an aromatic ring is 1. The SMILES string of the molecule is CN(C)C(=O)c1sc(N2CCC(N(C)C)C2)c(C#N)c1N. The van der Waals surface area contributed by atoms with Gasteiger partial charge in [-0.2, -0.15) is 5.26 Å². The summed E-state index contributed by atoms with van der Waals surface area (Å²) in [4.78, 5) is 18.5. The monoisotopic (exact) mass is 307 g/mol. The fourth-order valence-corrected chi connectivity index (χ4v) is 3.70. The Bertz CT molecular complexity index is 587. The molecule has 0 aromatic carbocycles. The van der Waals surface area contributed by atoms with Crippen molar-refractivity contribution >= 4 is 27.9 Å². The number of likely N-dealkylation sites (N-methyl/N-ethyl adjacent to an activating group) is 1. The van der Waals surface area contributed by atoms with Crippen LogP contribution in [0.3, 0.4) is 0 Å². The van der Waals surface area contributed by atoms with Crippen LogP contribution in [-0.2, 0) is 0 Å². The molecule has 2 rings (SSSR count). The van der Waals surface area contributed by atoms with E-state index in [1.54, 1.807) is 14.1 Å². The first-order valence-electron chi connectivity index (χ1n) is 6.82. The van der Waals surface area contributed by atoms with Crippen LogP contribution in [-0.4, -0.2) is 63.0 Å². The molecule has 1 aliphatic rings. The number of carbonyl (C=O) groups excluding carboxylic acids is 1. The molecule has 1 amide bonds. The lowest BCUT2D eigenvalue weighted by atomic mass is 10.2. The first-order chi connectivity index (χ1) is 9.86. The summed E-state index contributed by atoms with van der Waals surface area (Å²) < 4.78 is 0. The lowest BCUT2D eigenvalue weighted by Gasteiger charge is -2.20. The Morgan fingerprint density at radius 2 is 2.10 bits per heavy atom. The lowest BCUT2D eigenvalue weighted by molar-refractivity contribution is 0.0833. The van der Waals surface area contributed by atoms with Crippen molar-refractivity contribution in [1.29, 1.82) is 5.26 Å². The third kappa shape index (κ3) is 2.82. The molecule has 1 atom stereocenters. The number of nitrogens with two attached hydrogens (primary N) is 1. The van der Waals surface area contributed by atoms with Gasteiger partial charge >= 0.3 is 0 Å². The van der Waals surface area contributed by atoms with Gasteiger partial charge in [-0.1, -0.05) is 0 Å². The molecule has 1 unspecified atom stereocenters. The highest BCUT2D eigenvalue weighted by Gasteiger charge is 2.30. The average molecular weight is 307 g/mol. The van der Waals surface area contributed by atoms with Crippen molar-refractivity contribution in [2.24, 2.45) is 0 Å². The van der Waals surface area contributed by atoms with Gasteiger partial charge in [0.1, 0.15) is 21.5 Å². The molecular weight excluding hydrogens is 286 g/mol. The fraction of sp³-hybridized carbons (Fsp3) is 0.571. The molecule has 1 aliphatic heterocycles. The maximum Gasteiger partial charge on any atom is 0.265 e. The molecule has 6 nitrogen and oxygen atoms in total. The first-order valence-corrected chi connectivity index (χ1v) is 7.63. The average Bonchev–Trinajstić information content (AvgIpc) is 3.02. The molecule has 2 N–H and O–H groups in total. The summed E-state index contributed by atoms with van der Waals surface area (Å²) in [5, 5.41) is 10.2. The first kappa shape index (κ1) is 15.6. The van der Waals surface area contributed by atoms with Crippen molar-refractivity contribution in [3.63, 3.8) is 0 Å². The van der Waals surface area contributed by atoms with E-state index in [1.807, 2.05) is 0 Å². The molecule has 0 spiro atoms. The number of nitrogens with zero attached hydrogens (tertiary/aromatic N) is 4. The molecule has 0 radical (unpaired) electrons. The van der Waals surface area contributed by atoms with Gasteiger partial charge in [-0.15, -0.1) is 11.3 Å². The number of hydrogen-bond donors (Lipinski definition) is 1.